The Morgan fingerprint density at radius 3 is 2.67 bits per heavy atom. The van der Waals surface area contributed by atoms with Gasteiger partial charge in [-0.1, -0.05) is 30.3 Å². The van der Waals surface area contributed by atoms with Gasteiger partial charge >= 0.3 is 0 Å². The fraction of sp³-hybridized carbons (Fsp3) is 0.235. The summed E-state index contributed by atoms with van der Waals surface area (Å²) in [5.41, 5.74) is 1.90. The van der Waals surface area contributed by atoms with Gasteiger partial charge in [0.05, 0.1) is 12.2 Å². The second kappa shape index (κ2) is 8.46. The van der Waals surface area contributed by atoms with Crippen LogP contribution in [0.25, 0.3) is 0 Å². The molecule has 0 radical (unpaired) electrons. The lowest BCUT2D eigenvalue weighted by atomic mass is 10.2. The van der Waals surface area contributed by atoms with E-state index in [2.05, 4.69) is 39.4 Å². The summed E-state index contributed by atoms with van der Waals surface area (Å²) in [5.74, 6) is 0.781. The first-order valence-corrected chi connectivity index (χ1v) is 7.66. The molecule has 108 valence electrons. The lowest BCUT2D eigenvalue weighted by molar-refractivity contribution is 0.308. The lowest BCUT2D eigenvalue weighted by Crippen LogP contribution is -2.16. The minimum Gasteiger partial charge on any atom is -0.494 e. The molecule has 0 amide bonds. The molecule has 0 spiro atoms. The van der Waals surface area contributed by atoms with Crippen molar-refractivity contribution in [1.29, 1.82) is 5.26 Å². The SMILES string of the molecule is N#Cc1ccc(OCCCNCc2ccccc2)cc1Br. The molecule has 0 aliphatic heterocycles. The van der Waals surface area contributed by atoms with E-state index in [-0.39, 0.29) is 0 Å². The van der Waals surface area contributed by atoms with Crippen LogP contribution in [0.15, 0.2) is 53.0 Å². The van der Waals surface area contributed by atoms with Gasteiger partial charge in [0, 0.05) is 11.0 Å². The number of benzene rings is 2. The van der Waals surface area contributed by atoms with E-state index in [4.69, 9.17) is 10.00 Å². The summed E-state index contributed by atoms with van der Waals surface area (Å²) in [4.78, 5) is 0. The van der Waals surface area contributed by atoms with Crippen LogP contribution < -0.4 is 10.1 Å². The van der Waals surface area contributed by atoms with Gasteiger partial charge in [0.1, 0.15) is 11.8 Å². The van der Waals surface area contributed by atoms with Crippen molar-refractivity contribution in [2.45, 2.75) is 13.0 Å². The molecule has 2 aromatic rings. The number of hydrogen-bond acceptors (Lipinski definition) is 3. The molecule has 0 bridgehead atoms. The maximum absolute atomic E-state index is 8.85. The number of hydrogen-bond donors (Lipinski definition) is 1. The van der Waals surface area contributed by atoms with Crippen LogP contribution in [0.5, 0.6) is 5.75 Å². The van der Waals surface area contributed by atoms with Crippen molar-refractivity contribution in [3.8, 4) is 11.8 Å². The highest BCUT2D eigenvalue weighted by Gasteiger charge is 2.01. The molecule has 0 saturated carbocycles. The van der Waals surface area contributed by atoms with Gasteiger partial charge in [-0.05, 0) is 52.7 Å². The van der Waals surface area contributed by atoms with Gasteiger partial charge in [0.15, 0.2) is 0 Å². The Kier molecular flexibility index (Phi) is 6.26. The highest BCUT2D eigenvalue weighted by Crippen LogP contribution is 2.22. The van der Waals surface area contributed by atoms with Crippen molar-refractivity contribution in [2.24, 2.45) is 0 Å². The Bertz CT molecular complexity index is 608. The summed E-state index contributed by atoms with van der Waals surface area (Å²) in [7, 11) is 0. The molecule has 2 rings (SSSR count). The first kappa shape index (κ1) is 15.6. The van der Waals surface area contributed by atoms with Gasteiger partial charge in [-0.3, -0.25) is 0 Å². The Labute approximate surface area is 133 Å². The molecule has 21 heavy (non-hydrogen) atoms. The van der Waals surface area contributed by atoms with Crippen LogP contribution in [-0.4, -0.2) is 13.2 Å². The van der Waals surface area contributed by atoms with E-state index in [9.17, 15) is 0 Å². The van der Waals surface area contributed by atoms with E-state index in [1.54, 1.807) is 6.07 Å². The first-order chi connectivity index (χ1) is 10.3. The van der Waals surface area contributed by atoms with Crippen LogP contribution >= 0.6 is 15.9 Å². The number of nitrogens with zero attached hydrogens (tertiary/aromatic N) is 1. The number of rotatable bonds is 7. The monoisotopic (exact) mass is 344 g/mol. The zero-order valence-corrected chi connectivity index (χ0v) is 13.3. The zero-order chi connectivity index (χ0) is 14.9. The fourth-order valence-electron chi connectivity index (χ4n) is 1.89. The van der Waals surface area contributed by atoms with E-state index >= 15 is 0 Å². The molecule has 3 nitrogen and oxygen atoms in total. The Balaban J connectivity index is 1.64. The van der Waals surface area contributed by atoms with Gasteiger partial charge in [-0.25, -0.2) is 0 Å². The molecule has 0 atom stereocenters. The van der Waals surface area contributed by atoms with Crippen LogP contribution in [0.2, 0.25) is 0 Å². The van der Waals surface area contributed by atoms with Crippen molar-refractivity contribution in [2.75, 3.05) is 13.2 Å². The maximum atomic E-state index is 8.85. The van der Waals surface area contributed by atoms with Crippen molar-refractivity contribution in [3.63, 3.8) is 0 Å². The summed E-state index contributed by atoms with van der Waals surface area (Å²) < 4.78 is 6.43. The summed E-state index contributed by atoms with van der Waals surface area (Å²) in [6.07, 6.45) is 0.935. The van der Waals surface area contributed by atoms with E-state index in [1.165, 1.54) is 5.56 Å². The van der Waals surface area contributed by atoms with Gasteiger partial charge < -0.3 is 10.1 Å². The highest BCUT2D eigenvalue weighted by atomic mass is 79.9. The van der Waals surface area contributed by atoms with Crippen molar-refractivity contribution < 1.29 is 4.74 Å². The van der Waals surface area contributed by atoms with Crippen molar-refractivity contribution in [3.05, 3.63) is 64.1 Å². The number of halogens is 1. The predicted octanol–water partition coefficient (Wildman–Crippen LogP) is 3.88. The minimum atomic E-state index is 0.617. The molecule has 2 aromatic carbocycles. The lowest BCUT2D eigenvalue weighted by Gasteiger charge is -2.08. The van der Waals surface area contributed by atoms with Gasteiger partial charge in [-0.2, -0.15) is 5.26 Å². The average molecular weight is 345 g/mol. The Hall–Kier alpha value is -1.83. The van der Waals surface area contributed by atoms with E-state index in [0.717, 1.165) is 29.7 Å². The molecule has 0 aromatic heterocycles. The topological polar surface area (TPSA) is 45.0 Å². The van der Waals surface area contributed by atoms with Crippen LogP contribution in [0.1, 0.15) is 17.5 Å². The molecular weight excluding hydrogens is 328 g/mol. The molecule has 0 aliphatic rings. The molecular formula is C17H17BrN2O. The van der Waals surface area contributed by atoms with Gasteiger partial charge in [-0.15, -0.1) is 0 Å². The molecule has 4 heteroatoms. The van der Waals surface area contributed by atoms with Crippen LogP contribution in [0, 0.1) is 11.3 Å². The molecule has 0 saturated heterocycles. The average Bonchev–Trinajstić information content (AvgIpc) is 2.52. The molecule has 1 N–H and O–H groups in total. The summed E-state index contributed by atoms with van der Waals surface area (Å²) in [6.45, 7) is 2.44. The summed E-state index contributed by atoms with van der Waals surface area (Å²) in [6, 6.07) is 17.8. The number of nitriles is 1. The van der Waals surface area contributed by atoms with Crippen LogP contribution in [0.3, 0.4) is 0 Å². The van der Waals surface area contributed by atoms with Crippen molar-refractivity contribution in [1.82, 2.24) is 5.32 Å². The number of nitrogens with one attached hydrogen (secondary N) is 1. The summed E-state index contributed by atoms with van der Waals surface area (Å²) >= 11 is 3.35. The zero-order valence-electron chi connectivity index (χ0n) is 11.7. The fourth-order valence-corrected chi connectivity index (χ4v) is 2.34. The van der Waals surface area contributed by atoms with E-state index in [0.29, 0.717) is 12.2 Å². The maximum Gasteiger partial charge on any atom is 0.120 e. The molecule has 0 unspecified atom stereocenters. The third kappa shape index (κ3) is 5.22. The molecule has 0 fully saturated rings. The minimum absolute atomic E-state index is 0.617. The molecule has 0 heterocycles. The standard InChI is InChI=1S/C17H17BrN2O/c18-17-11-16(8-7-15(17)12-19)21-10-4-9-20-13-14-5-2-1-3-6-14/h1-3,5-8,11,20H,4,9-10,13H2. The number of ether oxygens (including phenoxy) is 1. The third-order valence-electron chi connectivity index (χ3n) is 3.00. The second-order valence-corrected chi connectivity index (χ2v) is 5.47. The van der Waals surface area contributed by atoms with Crippen LogP contribution in [0.4, 0.5) is 0 Å². The Morgan fingerprint density at radius 1 is 1.14 bits per heavy atom. The van der Waals surface area contributed by atoms with E-state index < -0.39 is 0 Å². The second-order valence-electron chi connectivity index (χ2n) is 4.62. The van der Waals surface area contributed by atoms with Crippen LogP contribution in [-0.2, 0) is 6.54 Å². The Morgan fingerprint density at radius 2 is 1.95 bits per heavy atom. The smallest absolute Gasteiger partial charge is 0.120 e. The van der Waals surface area contributed by atoms with Gasteiger partial charge in [0.2, 0.25) is 0 Å². The quantitative estimate of drug-likeness (QED) is 0.775. The van der Waals surface area contributed by atoms with Crippen molar-refractivity contribution >= 4 is 15.9 Å². The van der Waals surface area contributed by atoms with Gasteiger partial charge in [0.25, 0.3) is 0 Å². The van der Waals surface area contributed by atoms with E-state index in [1.807, 2.05) is 30.3 Å². The summed E-state index contributed by atoms with van der Waals surface area (Å²) in [5, 5.41) is 12.2. The first-order valence-electron chi connectivity index (χ1n) is 6.86. The third-order valence-corrected chi connectivity index (χ3v) is 3.66. The highest BCUT2D eigenvalue weighted by molar-refractivity contribution is 9.10. The largest absolute Gasteiger partial charge is 0.494 e. The predicted molar refractivity (Wildman–Crippen MR) is 87.1 cm³/mol. The molecule has 0 aliphatic carbocycles. The normalized spacial score (nSPS) is 10.1.